The second kappa shape index (κ2) is 11.8. The summed E-state index contributed by atoms with van der Waals surface area (Å²) in [5.74, 6) is 0. The van der Waals surface area contributed by atoms with Gasteiger partial charge in [0.15, 0.2) is 0 Å². The minimum Gasteiger partial charge on any atom is -0.483 e. The van der Waals surface area contributed by atoms with Crippen LogP contribution < -0.4 is 0 Å². The van der Waals surface area contributed by atoms with Crippen LogP contribution in [0.5, 0.6) is 0 Å². The standard InChI is InChI=1S/C23H17N2O.C12H10N.Ir/c1-16-11-17(2)13-19(12-16)25-10-9-24(15-25)18-7-8-21-20-5-3-4-6-22(20)26-23(21)14-18;1-10-7-8-12(13-9-10)11-5-3-2-4-6-11;/h3-6,8-14H,1-2H3;2-5,7-9H,1H3;/q+1;-1;. The van der Waals surface area contributed by atoms with E-state index < -0.39 is 0 Å². The summed E-state index contributed by atoms with van der Waals surface area (Å²) in [4.78, 5) is 4.32. The first-order valence-corrected chi connectivity index (χ1v) is 12.9. The summed E-state index contributed by atoms with van der Waals surface area (Å²) in [7, 11) is 0. The molecule has 0 bridgehead atoms. The zero-order chi connectivity index (χ0) is 26.8. The van der Waals surface area contributed by atoms with Crippen molar-refractivity contribution in [1.82, 2.24) is 4.98 Å². The second-order valence-corrected chi connectivity index (χ2v) is 9.68. The average Bonchev–Trinajstić information content (AvgIpc) is 3.59. The van der Waals surface area contributed by atoms with Crippen molar-refractivity contribution in [3.63, 3.8) is 0 Å². The Kier molecular flexibility index (Phi) is 8.00. The molecule has 0 fully saturated rings. The molecule has 7 rings (SSSR count). The molecule has 0 N–H and O–H groups in total. The number of pyridine rings is 1. The predicted molar refractivity (Wildman–Crippen MR) is 156 cm³/mol. The zero-order valence-corrected chi connectivity index (χ0v) is 24.9. The van der Waals surface area contributed by atoms with E-state index in [1.165, 1.54) is 16.7 Å². The fourth-order valence-corrected chi connectivity index (χ4v) is 4.66. The van der Waals surface area contributed by atoms with Gasteiger partial charge in [0, 0.05) is 44.0 Å². The van der Waals surface area contributed by atoms with Crippen LogP contribution in [0.15, 0.2) is 114 Å². The summed E-state index contributed by atoms with van der Waals surface area (Å²) in [5, 5.41) is 2.20. The van der Waals surface area contributed by atoms with Crippen LogP contribution in [0, 0.1) is 32.9 Å². The number of benzene rings is 4. The maximum atomic E-state index is 5.98. The smallest absolute Gasteiger partial charge is 0.483 e. The number of nitrogens with zero attached hydrogens (tertiary/aromatic N) is 3. The van der Waals surface area contributed by atoms with E-state index in [2.05, 4.69) is 67.3 Å². The summed E-state index contributed by atoms with van der Waals surface area (Å²) >= 11 is 0. The van der Waals surface area contributed by atoms with Gasteiger partial charge in [0.2, 0.25) is 5.69 Å². The van der Waals surface area contributed by atoms with Crippen molar-refractivity contribution >= 4 is 39.3 Å². The SMILES string of the molecule is Cc1cc(C)cc([N+]2=C=[N+](c3[c-]cc4c(c3)oc3ccccc34)C=C2)c1.Cc1ccc(-c2[c-]cccc2)nc1.[Ir]. The maximum Gasteiger partial charge on any atom is 0.499 e. The average molecular weight is 698 g/mol. The molecule has 0 atom stereocenters. The Morgan fingerprint density at radius 3 is 2.25 bits per heavy atom. The van der Waals surface area contributed by atoms with Crippen molar-refractivity contribution in [3.05, 3.63) is 138 Å². The summed E-state index contributed by atoms with van der Waals surface area (Å²) in [5.41, 5.74) is 9.45. The van der Waals surface area contributed by atoms with Crippen molar-refractivity contribution in [2.45, 2.75) is 20.8 Å². The molecule has 0 saturated heterocycles. The van der Waals surface area contributed by atoms with Gasteiger partial charge in [-0.25, -0.2) is 0 Å². The first kappa shape index (κ1) is 27.2. The van der Waals surface area contributed by atoms with Gasteiger partial charge in [0.05, 0.1) is 0 Å². The Morgan fingerprint density at radius 2 is 1.50 bits per heavy atom. The quantitative estimate of drug-likeness (QED) is 0.137. The van der Waals surface area contributed by atoms with Gasteiger partial charge < -0.3 is 9.40 Å². The maximum absolute atomic E-state index is 5.98. The van der Waals surface area contributed by atoms with Crippen LogP contribution in [0.2, 0.25) is 0 Å². The van der Waals surface area contributed by atoms with E-state index >= 15 is 0 Å². The number of hydrogen-bond acceptors (Lipinski definition) is 2. The Balaban J connectivity index is 0.000000195. The molecule has 2 aromatic heterocycles. The normalized spacial score (nSPS) is 12.0. The van der Waals surface area contributed by atoms with E-state index in [0.29, 0.717) is 0 Å². The Labute approximate surface area is 247 Å². The second-order valence-electron chi connectivity index (χ2n) is 9.68. The zero-order valence-electron chi connectivity index (χ0n) is 22.5. The van der Waals surface area contributed by atoms with E-state index in [-0.39, 0.29) is 20.1 Å². The number of aromatic nitrogens is 1. The third-order valence-electron chi connectivity index (χ3n) is 6.52. The van der Waals surface area contributed by atoms with Gasteiger partial charge >= 0.3 is 6.01 Å². The number of furan rings is 1. The topological polar surface area (TPSA) is 32.0 Å². The molecule has 3 heterocycles. The molecule has 6 aromatic rings. The molecule has 1 aliphatic heterocycles. The molecular weight excluding hydrogens is 671 g/mol. The van der Waals surface area contributed by atoms with Crippen LogP contribution in [0.25, 0.3) is 33.2 Å². The molecule has 1 aliphatic rings. The molecule has 0 saturated carbocycles. The van der Waals surface area contributed by atoms with Crippen LogP contribution >= 0.6 is 0 Å². The molecule has 0 unspecified atom stereocenters. The molecule has 1 radical (unpaired) electrons. The van der Waals surface area contributed by atoms with Crippen LogP contribution in [0.3, 0.4) is 0 Å². The molecule has 0 amide bonds. The Morgan fingerprint density at radius 1 is 0.725 bits per heavy atom. The number of para-hydroxylation sites is 1. The monoisotopic (exact) mass is 698 g/mol. The number of rotatable bonds is 3. The minimum atomic E-state index is 0. The Bertz CT molecular complexity index is 1890. The molecular formula is C35H27IrN3O. The molecule has 0 spiro atoms. The summed E-state index contributed by atoms with van der Waals surface area (Å²) in [6.07, 6.45) is 5.86. The van der Waals surface area contributed by atoms with E-state index in [9.17, 15) is 0 Å². The van der Waals surface area contributed by atoms with Gasteiger partial charge in [-0.15, -0.1) is 42.0 Å². The van der Waals surface area contributed by atoms with Gasteiger partial charge in [0.1, 0.15) is 11.3 Å². The van der Waals surface area contributed by atoms with Crippen LogP contribution in [-0.2, 0) is 20.1 Å². The summed E-state index contributed by atoms with van der Waals surface area (Å²) in [6, 6.07) is 40.3. The van der Waals surface area contributed by atoms with Crippen molar-refractivity contribution in [1.29, 1.82) is 0 Å². The molecule has 5 heteroatoms. The third-order valence-corrected chi connectivity index (χ3v) is 6.52. The molecule has 197 valence electrons. The Hall–Kier alpha value is -4.40. The van der Waals surface area contributed by atoms with Crippen molar-refractivity contribution < 1.29 is 33.7 Å². The van der Waals surface area contributed by atoms with E-state index in [1.807, 2.05) is 95.3 Å². The van der Waals surface area contributed by atoms with E-state index in [4.69, 9.17) is 4.42 Å². The third kappa shape index (κ3) is 5.78. The summed E-state index contributed by atoms with van der Waals surface area (Å²) in [6.45, 7) is 6.25. The van der Waals surface area contributed by atoms with Crippen molar-refractivity contribution in [2.24, 2.45) is 0 Å². The summed E-state index contributed by atoms with van der Waals surface area (Å²) < 4.78 is 9.91. The van der Waals surface area contributed by atoms with E-state index in [0.717, 1.165) is 44.6 Å². The van der Waals surface area contributed by atoms with Gasteiger partial charge in [0.25, 0.3) is 12.4 Å². The van der Waals surface area contributed by atoms with Crippen molar-refractivity contribution in [3.8, 4) is 11.3 Å². The first-order valence-electron chi connectivity index (χ1n) is 12.9. The van der Waals surface area contributed by atoms with Crippen LogP contribution in [0.4, 0.5) is 11.4 Å². The molecule has 4 aromatic carbocycles. The predicted octanol–water partition coefficient (Wildman–Crippen LogP) is 8.50. The van der Waals surface area contributed by atoms with Crippen molar-refractivity contribution in [2.75, 3.05) is 0 Å². The van der Waals surface area contributed by atoms with Gasteiger partial charge in [-0.3, -0.25) is 0 Å². The molecule has 4 nitrogen and oxygen atoms in total. The number of aryl methyl sites for hydroxylation is 3. The minimum absolute atomic E-state index is 0. The van der Waals surface area contributed by atoms with Gasteiger partial charge in [-0.1, -0.05) is 57.0 Å². The van der Waals surface area contributed by atoms with Crippen LogP contribution in [0.1, 0.15) is 16.7 Å². The van der Waals surface area contributed by atoms with Gasteiger partial charge in [-0.05, 0) is 54.6 Å². The number of hydrogen-bond donors (Lipinski definition) is 0. The fourth-order valence-electron chi connectivity index (χ4n) is 4.66. The molecule has 40 heavy (non-hydrogen) atoms. The largest absolute Gasteiger partial charge is 0.499 e. The fraction of sp³-hybridized carbons (Fsp3) is 0.0857. The van der Waals surface area contributed by atoms with Gasteiger partial charge in [-0.2, -0.15) is 6.07 Å². The molecule has 0 aliphatic carbocycles. The van der Waals surface area contributed by atoms with Crippen LogP contribution in [-0.4, -0.2) is 20.1 Å². The first-order chi connectivity index (χ1) is 19.0. The number of fused-ring (bicyclic) bond motifs is 3. The van der Waals surface area contributed by atoms with E-state index in [1.54, 1.807) is 0 Å².